The summed E-state index contributed by atoms with van der Waals surface area (Å²) in [7, 11) is -3.58. The highest BCUT2D eigenvalue weighted by Crippen LogP contribution is 2.43. The largest absolute Gasteiger partial charge is 0.506 e. The first kappa shape index (κ1) is 30.9. The molecule has 1 aliphatic heterocycles. The van der Waals surface area contributed by atoms with Gasteiger partial charge in [-0.3, -0.25) is 9.62 Å². The first-order chi connectivity index (χ1) is 16.8. The van der Waals surface area contributed by atoms with E-state index in [1.165, 1.54) is 18.2 Å². The molecular weight excluding hydrogens is 562 g/mol. The monoisotopic (exact) mass is 599 g/mol. The van der Waals surface area contributed by atoms with Gasteiger partial charge in [0.15, 0.2) is 0 Å². The Morgan fingerprint density at radius 1 is 1.14 bits per heavy atom. The fourth-order valence-electron chi connectivity index (χ4n) is 4.47. The highest BCUT2D eigenvalue weighted by Gasteiger charge is 2.42. The number of ether oxygens (including phenoxy) is 1. The summed E-state index contributed by atoms with van der Waals surface area (Å²) >= 11 is 0. The summed E-state index contributed by atoms with van der Waals surface area (Å²) in [6, 6.07) is 12.1. The highest BCUT2D eigenvalue weighted by atomic mass is 79.9. The molecule has 4 N–H and O–H groups in total. The van der Waals surface area contributed by atoms with Gasteiger partial charge in [0, 0.05) is 24.2 Å². The normalized spacial score (nSPS) is 15.8. The number of aliphatic hydroxyl groups is 1. The predicted molar refractivity (Wildman–Crippen MR) is 151 cm³/mol. The minimum atomic E-state index is -3.58. The summed E-state index contributed by atoms with van der Waals surface area (Å²) in [6.45, 7) is 8.63. The second-order valence-corrected chi connectivity index (χ2v) is 11.7. The van der Waals surface area contributed by atoms with Gasteiger partial charge in [0.2, 0.25) is 10.0 Å². The number of nitrogens with one attached hydrogen (secondary N) is 2. The standard InChI is InChI=1S/C26H37N3O6S.BrH/c1-6-26(7-2)19-10-8-9-11-21(19)29(24(32)35-26)15-14-25(3,4)27-17-23(31)18-12-13-22(30)20(16-18)28-36(5,33)34;/h8-13,16,23,27-28,30-31H,6-7,14-15,17H2,1-5H3;1H. The van der Waals surface area contributed by atoms with Crippen molar-refractivity contribution in [3.05, 3.63) is 53.6 Å². The molecule has 206 valence electrons. The van der Waals surface area contributed by atoms with Crippen molar-refractivity contribution in [2.24, 2.45) is 0 Å². The van der Waals surface area contributed by atoms with E-state index in [-0.39, 0.29) is 41.1 Å². The number of phenols is 1. The lowest BCUT2D eigenvalue weighted by Gasteiger charge is -2.42. The van der Waals surface area contributed by atoms with Gasteiger partial charge < -0.3 is 20.3 Å². The van der Waals surface area contributed by atoms with Gasteiger partial charge in [0.25, 0.3) is 0 Å². The number of para-hydroxylation sites is 1. The zero-order chi connectivity index (χ0) is 26.7. The minimum Gasteiger partial charge on any atom is -0.506 e. The number of carbonyl (C=O) groups is 1. The van der Waals surface area contributed by atoms with Gasteiger partial charge in [0.1, 0.15) is 11.4 Å². The van der Waals surface area contributed by atoms with Crippen LogP contribution in [0.2, 0.25) is 0 Å². The molecule has 0 fully saturated rings. The average molecular weight is 601 g/mol. The molecule has 1 amide bonds. The Labute approximate surface area is 230 Å². The summed E-state index contributed by atoms with van der Waals surface area (Å²) in [4.78, 5) is 14.7. The molecule has 2 aromatic carbocycles. The molecule has 0 spiro atoms. The van der Waals surface area contributed by atoms with Crippen molar-refractivity contribution in [2.75, 3.05) is 29.0 Å². The van der Waals surface area contributed by atoms with E-state index < -0.39 is 27.3 Å². The number of anilines is 2. The summed E-state index contributed by atoms with van der Waals surface area (Å²) in [5.74, 6) is -0.228. The Hall–Kier alpha value is -2.34. The van der Waals surface area contributed by atoms with Gasteiger partial charge in [-0.25, -0.2) is 13.2 Å². The van der Waals surface area contributed by atoms with Gasteiger partial charge in [-0.1, -0.05) is 38.1 Å². The van der Waals surface area contributed by atoms with E-state index in [0.717, 1.165) is 17.5 Å². The highest BCUT2D eigenvalue weighted by molar-refractivity contribution is 8.93. The number of rotatable bonds is 11. The number of β-amino-alcohol motifs (C(OH)–C–C–N with tert-alkyl or cyclic N) is 1. The van der Waals surface area contributed by atoms with Gasteiger partial charge >= 0.3 is 6.09 Å². The van der Waals surface area contributed by atoms with Gasteiger partial charge in [-0.15, -0.1) is 17.0 Å². The molecule has 1 aliphatic rings. The number of benzene rings is 2. The number of carbonyl (C=O) groups excluding carboxylic acids is 1. The SMILES string of the molecule is Br.CCC1(CC)OC(=O)N(CCC(C)(C)NCC(O)c2ccc(O)c(NS(C)(=O)=O)c2)c2ccccc21. The zero-order valence-electron chi connectivity index (χ0n) is 21.9. The molecule has 0 aliphatic carbocycles. The number of nitrogens with zero attached hydrogens (tertiary/aromatic N) is 1. The Bertz CT molecular complexity index is 1200. The number of amides is 1. The van der Waals surface area contributed by atoms with Crippen molar-refractivity contribution in [2.45, 2.75) is 64.2 Å². The van der Waals surface area contributed by atoms with Crippen LogP contribution in [0.25, 0.3) is 0 Å². The second-order valence-electron chi connectivity index (χ2n) is 9.92. The molecule has 2 aromatic rings. The summed E-state index contributed by atoms with van der Waals surface area (Å²) in [5, 5.41) is 23.9. The number of cyclic esters (lactones) is 1. The molecule has 11 heteroatoms. The molecule has 1 unspecified atom stereocenters. The topological polar surface area (TPSA) is 128 Å². The Morgan fingerprint density at radius 2 is 1.78 bits per heavy atom. The summed E-state index contributed by atoms with van der Waals surface area (Å²) < 4.78 is 31.2. The fraction of sp³-hybridized carbons (Fsp3) is 0.500. The maximum Gasteiger partial charge on any atom is 0.415 e. The molecule has 9 nitrogen and oxygen atoms in total. The lowest BCUT2D eigenvalue weighted by Crippen LogP contribution is -2.49. The number of aromatic hydroxyl groups is 1. The molecule has 0 aromatic heterocycles. The maximum absolute atomic E-state index is 13.0. The fourth-order valence-corrected chi connectivity index (χ4v) is 5.03. The number of fused-ring (bicyclic) bond motifs is 1. The van der Waals surface area contributed by atoms with Gasteiger partial charge in [0.05, 0.1) is 23.7 Å². The lowest BCUT2D eigenvalue weighted by molar-refractivity contribution is -0.00134. The average Bonchev–Trinajstić information content (AvgIpc) is 2.82. The van der Waals surface area contributed by atoms with Gasteiger partial charge in [-0.05, 0) is 56.9 Å². The molecule has 0 radical (unpaired) electrons. The van der Waals surface area contributed by atoms with Crippen molar-refractivity contribution in [1.29, 1.82) is 0 Å². The minimum absolute atomic E-state index is 0. The number of hydrogen-bond acceptors (Lipinski definition) is 7. The molecule has 3 rings (SSSR count). The van der Waals surface area contributed by atoms with Crippen LogP contribution in [0.1, 0.15) is 64.2 Å². The number of aliphatic hydroxyl groups excluding tert-OH is 1. The molecule has 0 saturated carbocycles. The van der Waals surface area contributed by atoms with E-state index in [1.807, 2.05) is 52.0 Å². The van der Waals surface area contributed by atoms with Crippen LogP contribution < -0.4 is 14.9 Å². The van der Waals surface area contributed by atoms with Crippen molar-refractivity contribution in [3.8, 4) is 5.75 Å². The van der Waals surface area contributed by atoms with Crippen LogP contribution in [0, 0.1) is 0 Å². The lowest BCUT2D eigenvalue weighted by atomic mass is 9.85. The van der Waals surface area contributed by atoms with E-state index in [0.29, 0.717) is 31.4 Å². The summed E-state index contributed by atoms with van der Waals surface area (Å²) in [6.07, 6.45) is 1.67. The Kier molecular flexibility index (Phi) is 10.0. The maximum atomic E-state index is 13.0. The van der Waals surface area contributed by atoms with E-state index >= 15 is 0 Å². The van der Waals surface area contributed by atoms with Crippen LogP contribution >= 0.6 is 17.0 Å². The van der Waals surface area contributed by atoms with Crippen LogP contribution in [-0.2, 0) is 20.4 Å². The smallest absolute Gasteiger partial charge is 0.415 e. The quantitative estimate of drug-likeness (QED) is 0.273. The van der Waals surface area contributed by atoms with E-state index in [9.17, 15) is 23.4 Å². The molecule has 0 bridgehead atoms. The first-order valence-corrected chi connectivity index (χ1v) is 14.0. The van der Waals surface area contributed by atoms with Crippen LogP contribution in [0.15, 0.2) is 42.5 Å². The number of phenolic OH excluding ortho intramolecular Hbond substituents is 1. The predicted octanol–water partition coefficient (Wildman–Crippen LogP) is 4.81. The summed E-state index contributed by atoms with van der Waals surface area (Å²) in [5.41, 5.74) is 1.28. The van der Waals surface area contributed by atoms with Crippen LogP contribution in [0.4, 0.5) is 16.2 Å². The first-order valence-electron chi connectivity index (χ1n) is 12.1. The molecule has 1 atom stereocenters. The van der Waals surface area contributed by atoms with E-state index in [2.05, 4.69) is 10.0 Å². The molecule has 1 heterocycles. The Balaban J connectivity index is 0.00000481. The van der Waals surface area contributed by atoms with Crippen LogP contribution in [0.5, 0.6) is 5.75 Å². The van der Waals surface area contributed by atoms with Crippen LogP contribution in [-0.4, -0.2) is 49.6 Å². The van der Waals surface area contributed by atoms with E-state index in [1.54, 1.807) is 4.90 Å². The van der Waals surface area contributed by atoms with Crippen molar-refractivity contribution in [3.63, 3.8) is 0 Å². The third-order valence-corrected chi connectivity index (χ3v) is 7.36. The molecule has 37 heavy (non-hydrogen) atoms. The molecule has 0 saturated heterocycles. The van der Waals surface area contributed by atoms with E-state index in [4.69, 9.17) is 4.74 Å². The third-order valence-electron chi connectivity index (χ3n) is 6.77. The van der Waals surface area contributed by atoms with Crippen molar-refractivity contribution < 1.29 is 28.2 Å². The van der Waals surface area contributed by atoms with Crippen LogP contribution in [0.3, 0.4) is 0 Å². The van der Waals surface area contributed by atoms with Gasteiger partial charge in [-0.2, -0.15) is 0 Å². The number of sulfonamides is 1. The number of hydrogen-bond donors (Lipinski definition) is 4. The molecular formula is C26H38BrN3O6S. The number of halogens is 1. The second kappa shape index (κ2) is 12.0. The van der Waals surface area contributed by atoms with Crippen molar-refractivity contribution in [1.82, 2.24) is 5.32 Å². The van der Waals surface area contributed by atoms with Crippen molar-refractivity contribution >= 4 is 44.5 Å². The zero-order valence-corrected chi connectivity index (χ0v) is 24.5. The Morgan fingerprint density at radius 3 is 2.41 bits per heavy atom. The third kappa shape index (κ3) is 7.37.